The smallest absolute Gasteiger partial charge is 0.433 e. The van der Waals surface area contributed by atoms with Gasteiger partial charge in [0.2, 0.25) is 5.88 Å². The fraction of sp³-hybridized carbons (Fsp3) is 0.259. The number of anilines is 1. The van der Waals surface area contributed by atoms with Gasteiger partial charge in [0.25, 0.3) is 11.8 Å². The number of piperidine rings is 1. The molecule has 1 N–H and O–H groups in total. The SMILES string of the molecule is COc1cc(C(=O)Nc2ccc(C3CCN(C(=O)c4cnc5ccoc5c4)CC3)cc2)cc(C(F)(F)F)n1. The van der Waals surface area contributed by atoms with Gasteiger partial charge in [-0.3, -0.25) is 14.6 Å². The lowest BCUT2D eigenvalue weighted by Crippen LogP contribution is -2.37. The number of furan rings is 1. The molecule has 0 aliphatic carbocycles. The summed E-state index contributed by atoms with van der Waals surface area (Å²) in [6, 6.07) is 12.4. The van der Waals surface area contributed by atoms with Gasteiger partial charge in [-0.1, -0.05) is 12.1 Å². The summed E-state index contributed by atoms with van der Waals surface area (Å²) < 4.78 is 49.5. The molecule has 1 aromatic carbocycles. The highest BCUT2D eigenvalue weighted by Crippen LogP contribution is 2.31. The fourth-order valence-corrected chi connectivity index (χ4v) is 4.49. The largest absolute Gasteiger partial charge is 0.481 e. The van der Waals surface area contributed by atoms with Crippen LogP contribution in [-0.2, 0) is 6.18 Å². The number of amides is 2. The first kappa shape index (κ1) is 25.2. The zero-order chi connectivity index (χ0) is 26.9. The van der Waals surface area contributed by atoms with Crippen molar-refractivity contribution in [3.63, 3.8) is 0 Å². The predicted molar refractivity (Wildman–Crippen MR) is 132 cm³/mol. The third-order valence-corrected chi connectivity index (χ3v) is 6.54. The van der Waals surface area contributed by atoms with E-state index in [0.717, 1.165) is 24.5 Å². The number of carbonyl (C=O) groups excluding carboxylic acids is 2. The van der Waals surface area contributed by atoms with Crippen molar-refractivity contribution in [2.45, 2.75) is 24.9 Å². The van der Waals surface area contributed by atoms with Crippen LogP contribution in [0.15, 0.2) is 65.4 Å². The summed E-state index contributed by atoms with van der Waals surface area (Å²) in [5.74, 6) is -0.872. The van der Waals surface area contributed by atoms with Crippen molar-refractivity contribution in [3.05, 3.63) is 83.4 Å². The van der Waals surface area contributed by atoms with Crippen molar-refractivity contribution in [1.82, 2.24) is 14.9 Å². The van der Waals surface area contributed by atoms with Crippen molar-refractivity contribution in [2.24, 2.45) is 0 Å². The number of ether oxygens (including phenoxy) is 1. The molecule has 5 rings (SSSR count). The summed E-state index contributed by atoms with van der Waals surface area (Å²) in [5.41, 5.74) is 1.83. The van der Waals surface area contributed by atoms with Crippen LogP contribution < -0.4 is 10.1 Å². The highest BCUT2D eigenvalue weighted by atomic mass is 19.4. The lowest BCUT2D eigenvalue weighted by Gasteiger charge is -2.32. The molecule has 0 bridgehead atoms. The van der Waals surface area contributed by atoms with E-state index in [-0.39, 0.29) is 23.3 Å². The summed E-state index contributed by atoms with van der Waals surface area (Å²) in [6.45, 7) is 1.17. The molecule has 3 aromatic heterocycles. The van der Waals surface area contributed by atoms with Crippen LogP contribution >= 0.6 is 0 Å². The van der Waals surface area contributed by atoms with Gasteiger partial charge in [0.05, 0.1) is 18.9 Å². The molecule has 1 aliphatic rings. The van der Waals surface area contributed by atoms with E-state index in [1.54, 1.807) is 35.4 Å². The molecule has 8 nitrogen and oxygen atoms in total. The Morgan fingerprint density at radius 3 is 2.47 bits per heavy atom. The zero-order valence-electron chi connectivity index (χ0n) is 20.3. The number of halogens is 3. The molecule has 0 spiro atoms. The van der Waals surface area contributed by atoms with Gasteiger partial charge >= 0.3 is 6.18 Å². The summed E-state index contributed by atoms with van der Waals surface area (Å²) in [4.78, 5) is 35.0. The molecule has 4 heterocycles. The van der Waals surface area contributed by atoms with Crippen LogP contribution in [0.5, 0.6) is 5.88 Å². The molecule has 2 amide bonds. The Balaban J connectivity index is 1.20. The van der Waals surface area contributed by atoms with Gasteiger partial charge in [-0.2, -0.15) is 13.2 Å². The van der Waals surface area contributed by atoms with Crippen molar-refractivity contribution in [3.8, 4) is 5.88 Å². The molecule has 0 unspecified atom stereocenters. The number of rotatable bonds is 5. The van der Waals surface area contributed by atoms with Gasteiger partial charge in [-0.25, -0.2) is 4.98 Å². The van der Waals surface area contributed by atoms with Gasteiger partial charge in [0, 0.05) is 42.7 Å². The van der Waals surface area contributed by atoms with E-state index in [2.05, 4.69) is 15.3 Å². The monoisotopic (exact) mass is 524 g/mol. The van der Waals surface area contributed by atoms with Gasteiger partial charge in [0.1, 0.15) is 11.2 Å². The minimum absolute atomic E-state index is 0.0891. The van der Waals surface area contributed by atoms with E-state index in [0.29, 0.717) is 41.5 Å². The number of nitrogens with one attached hydrogen (secondary N) is 1. The third kappa shape index (κ3) is 5.31. The minimum Gasteiger partial charge on any atom is -0.481 e. The first-order chi connectivity index (χ1) is 18.2. The van der Waals surface area contributed by atoms with E-state index < -0.39 is 17.8 Å². The van der Waals surface area contributed by atoms with Crippen LogP contribution in [-0.4, -0.2) is 46.9 Å². The maximum absolute atomic E-state index is 13.1. The number of pyridine rings is 2. The van der Waals surface area contributed by atoms with Crippen molar-refractivity contribution in [2.75, 3.05) is 25.5 Å². The topological polar surface area (TPSA) is 97.6 Å². The molecule has 1 fully saturated rings. The molecule has 11 heteroatoms. The Hall–Kier alpha value is -4.41. The lowest BCUT2D eigenvalue weighted by molar-refractivity contribution is -0.141. The summed E-state index contributed by atoms with van der Waals surface area (Å²) in [6.07, 6.45) is -0.0789. The van der Waals surface area contributed by atoms with Crippen LogP contribution in [0.2, 0.25) is 0 Å². The maximum atomic E-state index is 13.1. The molecular formula is C27H23F3N4O4. The number of alkyl halides is 3. The number of nitrogens with zero attached hydrogens (tertiary/aromatic N) is 3. The molecule has 0 atom stereocenters. The highest BCUT2D eigenvalue weighted by Gasteiger charge is 2.34. The number of methoxy groups -OCH3 is 1. The van der Waals surface area contributed by atoms with Gasteiger partial charge in [-0.05, 0) is 48.6 Å². The fourth-order valence-electron chi connectivity index (χ4n) is 4.49. The number of fused-ring (bicyclic) bond motifs is 1. The second-order valence-electron chi connectivity index (χ2n) is 8.95. The van der Waals surface area contributed by atoms with Crippen LogP contribution in [0.4, 0.5) is 18.9 Å². The van der Waals surface area contributed by atoms with Crippen molar-refractivity contribution >= 4 is 28.6 Å². The third-order valence-electron chi connectivity index (χ3n) is 6.54. The quantitative estimate of drug-likeness (QED) is 0.369. The van der Waals surface area contributed by atoms with Gasteiger partial charge < -0.3 is 19.4 Å². The Morgan fingerprint density at radius 2 is 1.79 bits per heavy atom. The molecule has 4 aromatic rings. The maximum Gasteiger partial charge on any atom is 0.433 e. The Bertz CT molecular complexity index is 1480. The number of aromatic nitrogens is 2. The van der Waals surface area contributed by atoms with Crippen LogP contribution in [0, 0.1) is 0 Å². The number of likely N-dealkylation sites (tertiary alicyclic amines) is 1. The van der Waals surface area contributed by atoms with Crippen molar-refractivity contribution in [1.29, 1.82) is 0 Å². The van der Waals surface area contributed by atoms with Crippen LogP contribution in [0.3, 0.4) is 0 Å². The predicted octanol–water partition coefficient (Wildman–Crippen LogP) is 5.52. The van der Waals surface area contributed by atoms with E-state index >= 15 is 0 Å². The summed E-state index contributed by atoms with van der Waals surface area (Å²) in [7, 11) is 1.18. The normalized spacial score (nSPS) is 14.5. The molecule has 1 aliphatic heterocycles. The van der Waals surface area contributed by atoms with E-state index in [4.69, 9.17) is 9.15 Å². The van der Waals surface area contributed by atoms with Crippen LogP contribution in [0.25, 0.3) is 11.1 Å². The molecule has 1 saturated heterocycles. The Labute approximate surface area is 215 Å². The number of carbonyl (C=O) groups is 2. The van der Waals surface area contributed by atoms with E-state index in [1.165, 1.54) is 13.4 Å². The molecule has 0 radical (unpaired) electrons. The molecule has 38 heavy (non-hydrogen) atoms. The first-order valence-corrected chi connectivity index (χ1v) is 11.9. The summed E-state index contributed by atoms with van der Waals surface area (Å²) in [5, 5.41) is 2.61. The highest BCUT2D eigenvalue weighted by molar-refractivity contribution is 6.04. The number of hydrogen-bond donors (Lipinski definition) is 1. The first-order valence-electron chi connectivity index (χ1n) is 11.9. The van der Waals surface area contributed by atoms with Crippen LogP contribution in [0.1, 0.15) is 50.7 Å². The van der Waals surface area contributed by atoms with Crippen molar-refractivity contribution < 1.29 is 31.9 Å². The minimum atomic E-state index is -4.71. The Morgan fingerprint density at radius 1 is 1.05 bits per heavy atom. The average Bonchev–Trinajstić information content (AvgIpc) is 3.40. The molecule has 0 saturated carbocycles. The van der Waals surface area contributed by atoms with E-state index in [9.17, 15) is 22.8 Å². The second kappa shape index (κ2) is 10.2. The summed E-state index contributed by atoms with van der Waals surface area (Å²) >= 11 is 0. The molecular weight excluding hydrogens is 501 g/mol. The number of benzene rings is 1. The molecule has 196 valence electrons. The average molecular weight is 524 g/mol. The second-order valence-corrected chi connectivity index (χ2v) is 8.95. The standard InChI is InChI=1S/C27H23F3N4O4/c1-37-24-14-18(13-23(33-24)27(28,29)30)25(35)32-20-4-2-16(3-5-20)17-6-9-34(10-7-17)26(36)19-12-22-21(31-15-19)8-11-38-22/h2-5,8,11-15,17H,6-7,9-10H2,1H3,(H,32,35). The van der Waals surface area contributed by atoms with Gasteiger partial charge in [-0.15, -0.1) is 0 Å². The van der Waals surface area contributed by atoms with E-state index in [1.807, 2.05) is 12.1 Å². The van der Waals surface area contributed by atoms with Gasteiger partial charge in [0.15, 0.2) is 5.58 Å². The lowest BCUT2D eigenvalue weighted by atomic mass is 9.89. The zero-order valence-corrected chi connectivity index (χ0v) is 20.3. The Kier molecular flexibility index (Phi) is 6.75. The number of hydrogen-bond acceptors (Lipinski definition) is 6.